The van der Waals surface area contributed by atoms with Gasteiger partial charge in [0.05, 0.1) is 24.6 Å². The number of methoxy groups -OCH3 is 1. The lowest BCUT2D eigenvalue weighted by Crippen LogP contribution is -2.28. The largest absolute Gasteiger partial charge is 0.493 e. The van der Waals surface area contributed by atoms with Gasteiger partial charge in [0.1, 0.15) is 6.33 Å². The summed E-state index contributed by atoms with van der Waals surface area (Å²) in [4.78, 5) is 17.2. The van der Waals surface area contributed by atoms with Gasteiger partial charge in [0.15, 0.2) is 23.1 Å². The molecule has 0 aliphatic heterocycles. The number of aromatic amines is 2. The first-order chi connectivity index (χ1) is 21.8. The number of nitrogens with zero attached hydrogens (tertiary/aromatic N) is 3. The van der Waals surface area contributed by atoms with Crippen LogP contribution in [0.25, 0.3) is 21.8 Å². The highest BCUT2D eigenvalue weighted by molar-refractivity contribution is 5.87. The van der Waals surface area contributed by atoms with E-state index in [9.17, 15) is 0 Å². The Morgan fingerprint density at radius 3 is 2.49 bits per heavy atom. The molecule has 10 heteroatoms. The van der Waals surface area contributed by atoms with E-state index in [2.05, 4.69) is 38.7 Å². The third-order valence-electron chi connectivity index (χ3n) is 7.55. The van der Waals surface area contributed by atoms with Crippen molar-refractivity contribution in [1.29, 1.82) is 0 Å². The molecule has 9 nitrogen and oxygen atoms in total. The molecule has 1 atom stereocenters. The van der Waals surface area contributed by atoms with E-state index in [4.69, 9.17) is 18.9 Å². The summed E-state index contributed by atoms with van der Waals surface area (Å²) >= 11 is 0. The summed E-state index contributed by atoms with van der Waals surface area (Å²) in [7, 11) is 1.59. The average Bonchev–Trinajstić information content (AvgIpc) is 3.69. The van der Waals surface area contributed by atoms with Crippen molar-refractivity contribution in [2.24, 2.45) is 5.92 Å². The van der Waals surface area contributed by atoms with Crippen molar-refractivity contribution in [3.63, 3.8) is 0 Å². The van der Waals surface area contributed by atoms with Crippen LogP contribution in [0, 0.1) is 25.6 Å². The molecular weight excluding hydrogens is 573 g/mol. The highest BCUT2D eigenvalue weighted by Crippen LogP contribution is 2.37. The molecule has 0 spiro atoms. The van der Waals surface area contributed by atoms with Crippen LogP contribution in [0.3, 0.4) is 0 Å². The molecule has 3 aromatic heterocycles. The third kappa shape index (κ3) is 9.42. The van der Waals surface area contributed by atoms with Crippen LogP contribution in [0.5, 0.6) is 23.1 Å². The van der Waals surface area contributed by atoms with Gasteiger partial charge in [0.2, 0.25) is 5.88 Å². The molecular formula is C35H46FN5O4. The molecule has 0 aliphatic rings. The normalized spacial score (nSPS) is 11.9. The van der Waals surface area contributed by atoms with Gasteiger partial charge >= 0.3 is 0 Å². The fourth-order valence-corrected chi connectivity index (χ4v) is 4.99. The smallest absolute Gasteiger partial charge is 0.230 e. The minimum absolute atomic E-state index is 0.0913. The Hall–Kier alpha value is -4.15. The molecule has 242 valence electrons. The van der Waals surface area contributed by atoms with Gasteiger partial charge in [-0.1, -0.05) is 13.8 Å². The Labute approximate surface area is 265 Å². The second kappa shape index (κ2) is 16.8. The summed E-state index contributed by atoms with van der Waals surface area (Å²) in [5.41, 5.74) is 3.43. The van der Waals surface area contributed by atoms with Gasteiger partial charge in [0.25, 0.3) is 0 Å². The Morgan fingerprint density at radius 1 is 0.956 bits per heavy atom. The van der Waals surface area contributed by atoms with E-state index in [1.165, 1.54) is 12.0 Å². The van der Waals surface area contributed by atoms with Crippen LogP contribution in [0.1, 0.15) is 45.0 Å². The van der Waals surface area contributed by atoms with Crippen LogP contribution >= 0.6 is 0 Å². The van der Waals surface area contributed by atoms with Gasteiger partial charge < -0.3 is 33.8 Å². The summed E-state index contributed by atoms with van der Waals surface area (Å²) in [6.45, 7) is 15.5. The van der Waals surface area contributed by atoms with Crippen molar-refractivity contribution >= 4 is 21.8 Å². The number of nitrogens with one attached hydrogen (secondary N) is 2. The second-order valence-corrected chi connectivity index (χ2v) is 11.1. The fraction of sp³-hybridized carbons (Fsp3) is 0.429. The molecule has 0 saturated heterocycles. The maximum atomic E-state index is 15.1. The molecule has 0 amide bonds. The number of aromatic nitrogens is 4. The van der Waals surface area contributed by atoms with Gasteiger partial charge in [-0.2, -0.15) is 0 Å². The van der Waals surface area contributed by atoms with Crippen molar-refractivity contribution in [2.75, 3.05) is 46.6 Å². The van der Waals surface area contributed by atoms with Gasteiger partial charge in [-0.3, -0.25) is 0 Å². The van der Waals surface area contributed by atoms with Gasteiger partial charge in [-0.25, -0.2) is 14.4 Å². The minimum Gasteiger partial charge on any atom is -0.493 e. The molecule has 5 rings (SSSR count). The molecule has 45 heavy (non-hydrogen) atoms. The Kier molecular flexibility index (Phi) is 12.6. The maximum Gasteiger partial charge on any atom is 0.230 e. The number of fused-ring (bicyclic) bond motifs is 2. The summed E-state index contributed by atoms with van der Waals surface area (Å²) < 4.78 is 38.3. The molecule has 0 bridgehead atoms. The molecule has 0 aliphatic carbocycles. The lowest BCUT2D eigenvalue weighted by atomic mass is 10.1. The summed E-state index contributed by atoms with van der Waals surface area (Å²) in [5, 5.41) is 1.07. The van der Waals surface area contributed by atoms with Crippen LogP contribution in [-0.4, -0.2) is 71.4 Å². The molecule has 1 unspecified atom stereocenters. The Morgan fingerprint density at radius 2 is 1.80 bits per heavy atom. The third-order valence-corrected chi connectivity index (χ3v) is 7.55. The summed E-state index contributed by atoms with van der Waals surface area (Å²) in [6, 6.07) is 12.7. The van der Waals surface area contributed by atoms with E-state index in [1.807, 2.05) is 45.2 Å². The molecule has 2 aromatic carbocycles. The molecule has 2 N–H and O–H groups in total. The predicted octanol–water partition coefficient (Wildman–Crippen LogP) is 7.84. The Balaban J connectivity index is 0.000000687. The zero-order valence-corrected chi connectivity index (χ0v) is 27.3. The van der Waals surface area contributed by atoms with E-state index in [0.717, 1.165) is 51.4 Å². The van der Waals surface area contributed by atoms with Crippen molar-refractivity contribution in [3.8, 4) is 23.1 Å². The van der Waals surface area contributed by atoms with Crippen molar-refractivity contribution in [2.45, 2.75) is 47.5 Å². The SMILES string of the molecule is CCOCC(C)CCN(CC)CCCOc1cc2ncnc(Oc3ccc4[nH]c(C)cc4c3F)c2cc1OC.Cc1ccc[nH]1. The minimum atomic E-state index is -0.444. The molecule has 0 fully saturated rings. The summed E-state index contributed by atoms with van der Waals surface area (Å²) in [6.07, 6.45) is 5.30. The number of benzene rings is 2. The Bertz CT molecular complexity index is 1620. The zero-order chi connectivity index (χ0) is 32.2. The van der Waals surface area contributed by atoms with Crippen LogP contribution < -0.4 is 14.2 Å². The topological polar surface area (TPSA) is 97.5 Å². The van der Waals surface area contributed by atoms with Crippen molar-refractivity contribution in [3.05, 3.63) is 72.2 Å². The highest BCUT2D eigenvalue weighted by Gasteiger charge is 2.17. The van der Waals surface area contributed by atoms with E-state index >= 15 is 4.39 Å². The van der Waals surface area contributed by atoms with E-state index in [1.54, 1.807) is 31.4 Å². The standard InChI is InChI=1S/C30H39FN4O4.C5H7N/c1-6-35(13-11-20(3)18-37-7-2)12-8-14-38-28-17-25-23(16-27(28)36-5)30(33-19-32-25)39-26-10-9-24-22(29(26)31)15-21(4)34-24;1-5-3-2-4-6-5/h9-10,15-17,19-20,34H,6-8,11-14,18H2,1-5H3;2-4,6H,1H3. The van der Waals surface area contributed by atoms with E-state index < -0.39 is 5.82 Å². The number of hydrogen-bond acceptors (Lipinski definition) is 7. The number of rotatable bonds is 15. The monoisotopic (exact) mass is 619 g/mol. The maximum absolute atomic E-state index is 15.1. The quantitative estimate of drug-likeness (QED) is 0.115. The van der Waals surface area contributed by atoms with Crippen molar-refractivity contribution < 1.29 is 23.3 Å². The first-order valence-corrected chi connectivity index (χ1v) is 15.6. The first-order valence-electron chi connectivity index (χ1n) is 15.6. The lowest BCUT2D eigenvalue weighted by Gasteiger charge is -2.22. The van der Waals surface area contributed by atoms with E-state index in [-0.39, 0.29) is 11.6 Å². The number of aryl methyl sites for hydroxylation is 2. The predicted molar refractivity (Wildman–Crippen MR) is 177 cm³/mol. The first kappa shape index (κ1) is 33.7. The molecule has 5 aromatic rings. The van der Waals surface area contributed by atoms with Gasteiger partial charge in [0, 0.05) is 54.3 Å². The number of ether oxygens (including phenoxy) is 4. The number of halogens is 1. The van der Waals surface area contributed by atoms with Crippen LogP contribution in [0.2, 0.25) is 0 Å². The number of hydrogen-bond donors (Lipinski definition) is 2. The van der Waals surface area contributed by atoms with Gasteiger partial charge in [-0.15, -0.1) is 0 Å². The van der Waals surface area contributed by atoms with Crippen LogP contribution in [0.15, 0.2) is 55.0 Å². The second-order valence-electron chi connectivity index (χ2n) is 11.1. The zero-order valence-electron chi connectivity index (χ0n) is 27.3. The average molecular weight is 620 g/mol. The van der Waals surface area contributed by atoms with Crippen LogP contribution in [-0.2, 0) is 4.74 Å². The molecule has 0 saturated carbocycles. The number of H-pyrrole nitrogens is 2. The summed E-state index contributed by atoms with van der Waals surface area (Å²) in [5.74, 6) is 1.57. The van der Waals surface area contributed by atoms with Crippen molar-refractivity contribution in [1.82, 2.24) is 24.8 Å². The fourth-order valence-electron chi connectivity index (χ4n) is 4.99. The lowest BCUT2D eigenvalue weighted by molar-refractivity contribution is 0.107. The van der Waals surface area contributed by atoms with E-state index in [0.29, 0.717) is 45.8 Å². The van der Waals surface area contributed by atoms with Gasteiger partial charge in [-0.05, 0) is 89.0 Å². The van der Waals surface area contributed by atoms with Crippen LogP contribution in [0.4, 0.5) is 4.39 Å². The molecule has 3 heterocycles. The highest BCUT2D eigenvalue weighted by atomic mass is 19.1. The molecule has 0 radical (unpaired) electrons.